The van der Waals surface area contributed by atoms with Crippen molar-refractivity contribution in [2.24, 2.45) is 11.8 Å². The summed E-state index contributed by atoms with van der Waals surface area (Å²) in [5, 5.41) is 40.8. The van der Waals surface area contributed by atoms with E-state index in [9.17, 15) is 20.4 Å². The van der Waals surface area contributed by atoms with E-state index in [2.05, 4.69) is 0 Å². The van der Waals surface area contributed by atoms with Gasteiger partial charge in [0.05, 0.1) is 28.4 Å². The summed E-state index contributed by atoms with van der Waals surface area (Å²) in [6.07, 6.45) is 0.419. The Bertz CT molecular complexity index is 885. The standard InChI is InChI=1S/C22H28O8/c1-27-16-7-12(8-17(28-2)21(16)29-3)18-14(10-24)13(9-23)5-11-6-15(25)20(26)22(30-4)19(11)18/h6-8,13-14,18,23-26H,5,9-10H2,1-4H3. The van der Waals surface area contributed by atoms with Crippen molar-refractivity contribution in [3.63, 3.8) is 0 Å². The van der Waals surface area contributed by atoms with Crippen LogP contribution in [0.1, 0.15) is 22.6 Å². The van der Waals surface area contributed by atoms with Crippen LogP contribution in [0.4, 0.5) is 0 Å². The maximum atomic E-state index is 10.4. The van der Waals surface area contributed by atoms with Gasteiger partial charge in [0.25, 0.3) is 0 Å². The number of hydrogen-bond donors (Lipinski definition) is 4. The highest BCUT2D eigenvalue weighted by Crippen LogP contribution is 2.54. The van der Waals surface area contributed by atoms with E-state index in [0.717, 1.165) is 11.1 Å². The fourth-order valence-electron chi connectivity index (χ4n) is 4.49. The van der Waals surface area contributed by atoms with Crippen LogP contribution in [0, 0.1) is 11.8 Å². The number of hydrogen-bond acceptors (Lipinski definition) is 8. The fraction of sp³-hybridized carbons (Fsp3) is 0.455. The van der Waals surface area contributed by atoms with Crippen molar-refractivity contribution >= 4 is 0 Å². The molecule has 0 spiro atoms. The van der Waals surface area contributed by atoms with Crippen LogP contribution >= 0.6 is 0 Å². The Morgan fingerprint density at radius 2 is 1.43 bits per heavy atom. The number of fused-ring (bicyclic) bond motifs is 1. The second-order valence-electron chi connectivity index (χ2n) is 7.28. The van der Waals surface area contributed by atoms with Crippen molar-refractivity contribution in [3.05, 3.63) is 34.9 Å². The molecule has 3 atom stereocenters. The predicted molar refractivity (Wildman–Crippen MR) is 109 cm³/mol. The first kappa shape index (κ1) is 21.9. The molecule has 1 aliphatic carbocycles. The van der Waals surface area contributed by atoms with E-state index in [1.54, 1.807) is 12.1 Å². The van der Waals surface area contributed by atoms with E-state index in [0.29, 0.717) is 29.2 Å². The normalized spacial score (nSPS) is 20.4. The second kappa shape index (κ2) is 8.89. The summed E-state index contributed by atoms with van der Waals surface area (Å²) >= 11 is 0. The third kappa shape index (κ3) is 3.46. The zero-order valence-corrected chi connectivity index (χ0v) is 17.5. The molecule has 2 aromatic rings. The summed E-state index contributed by atoms with van der Waals surface area (Å²) < 4.78 is 21.8. The number of ether oxygens (including phenoxy) is 4. The molecular formula is C22H28O8. The first-order valence-electron chi connectivity index (χ1n) is 9.58. The van der Waals surface area contributed by atoms with E-state index in [-0.39, 0.29) is 42.3 Å². The number of benzene rings is 2. The Balaban J connectivity index is 2.33. The quantitative estimate of drug-likeness (QED) is 0.503. The lowest BCUT2D eigenvalue weighted by Crippen LogP contribution is -2.35. The first-order chi connectivity index (χ1) is 14.4. The summed E-state index contributed by atoms with van der Waals surface area (Å²) in [7, 11) is 5.95. The molecule has 0 aromatic heterocycles. The Labute approximate surface area is 175 Å². The number of aliphatic hydroxyl groups excluding tert-OH is 2. The van der Waals surface area contributed by atoms with Gasteiger partial charge in [-0.05, 0) is 47.6 Å². The molecule has 2 aromatic carbocycles. The van der Waals surface area contributed by atoms with Gasteiger partial charge in [0.1, 0.15) is 0 Å². The van der Waals surface area contributed by atoms with E-state index >= 15 is 0 Å². The van der Waals surface area contributed by atoms with Crippen LogP contribution in [0.15, 0.2) is 18.2 Å². The predicted octanol–water partition coefficient (Wildman–Crippen LogP) is 2.04. The molecule has 0 heterocycles. The maximum absolute atomic E-state index is 10.4. The number of phenols is 2. The molecule has 30 heavy (non-hydrogen) atoms. The van der Waals surface area contributed by atoms with E-state index in [4.69, 9.17) is 18.9 Å². The molecule has 0 amide bonds. The minimum atomic E-state index is -0.467. The number of methoxy groups -OCH3 is 4. The molecular weight excluding hydrogens is 392 g/mol. The number of phenolic OH excluding ortho intramolecular Hbond substituents is 2. The third-order valence-electron chi connectivity index (χ3n) is 5.88. The topological polar surface area (TPSA) is 118 Å². The van der Waals surface area contributed by atoms with Crippen molar-refractivity contribution in [2.45, 2.75) is 12.3 Å². The van der Waals surface area contributed by atoms with Gasteiger partial charge in [-0.25, -0.2) is 0 Å². The van der Waals surface area contributed by atoms with Gasteiger partial charge in [0.2, 0.25) is 11.5 Å². The summed E-state index contributed by atoms with van der Waals surface area (Å²) in [4.78, 5) is 0. The molecule has 164 valence electrons. The first-order valence-corrected chi connectivity index (χ1v) is 9.58. The van der Waals surface area contributed by atoms with Crippen molar-refractivity contribution < 1.29 is 39.4 Å². The highest BCUT2D eigenvalue weighted by molar-refractivity contribution is 5.63. The molecule has 8 nitrogen and oxygen atoms in total. The molecule has 0 radical (unpaired) electrons. The minimum Gasteiger partial charge on any atom is -0.504 e. The number of aromatic hydroxyl groups is 2. The SMILES string of the molecule is COc1cc(C2c3c(cc(O)c(O)c3OC)CC(CO)C2CO)cc(OC)c1OC. The highest BCUT2D eigenvalue weighted by atomic mass is 16.5. The fourth-order valence-corrected chi connectivity index (χ4v) is 4.49. The Kier molecular flexibility index (Phi) is 6.48. The number of rotatable bonds is 7. The van der Waals surface area contributed by atoms with Gasteiger partial charge in [-0.2, -0.15) is 0 Å². The molecule has 0 saturated heterocycles. The van der Waals surface area contributed by atoms with Gasteiger partial charge >= 0.3 is 0 Å². The van der Waals surface area contributed by atoms with Gasteiger partial charge in [-0.1, -0.05) is 0 Å². The van der Waals surface area contributed by atoms with Gasteiger partial charge < -0.3 is 39.4 Å². The average molecular weight is 420 g/mol. The zero-order valence-electron chi connectivity index (χ0n) is 17.5. The monoisotopic (exact) mass is 420 g/mol. The van der Waals surface area contributed by atoms with Crippen LogP contribution in [-0.2, 0) is 6.42 Å². The van der Waals surface area contributed by atoms with Gasteiger partial charge in [0, 0.05) is 24.7 Å². The van der Waals surface area contributed by atoms with E-state index in [1.807, 2.05) is 0 Å². The summed E-state index contributed by atoms with van der Waals surface area (Å²) in [5.74, 6) is -0.315. The molecule has 3 unspecified atom stereocenters. The highest BCUT2D eigenvalue weighted by Gasteiger charge is 2.41. The molecule has 0 saturated carbocycles. The van der Waals surface area contributed by atoms with Crippen molar-refractivity contribution in [2.75, 3.05) is 41.7 Å². The van der Waals surface area contributed by atoms with E-state index < -0.39 is 5.92 Å². The Hall–Kier alpha value is -2.84. The van der Waals surface area contributed by atoms with Crippen molar-refractivity contribution in [1.29, 1.82) is 0 Å². The molecule has 0 bridgehead atoms. The van der Waals surface area contributed by atoms with Crippen LogP contribution in [0.5, 0.6) is 34.5 Å². The van der Waals surface area contributed by atoms with Crippen molar-refractivity contribution in [3.8, 4) is 34.5 Å². The van der Waals surface area contributed by atoms with E-state index in [1.165, 1.54) is 34.5 Å². The van der Waals surface area contributed by atoms with Gasteiger partial charge in [0.15, 0.2) is 23.0 Å². The largest absolute Gasteiger partial charge is 0.504 e. The summed E-state index contributed by atoms with van der Waals surface area (Å²) in [6.45, 7) is -0.341. The summed E-state index contributed by atoms with van der Waals surface area (Å²) in [6, 6.07) is 5.04. The molecule has 0 aliphatic heterocycles. The van der Waals surface area contributed by atoms with Crippen molar-refractivity contribution in [1.82, 2.24) is 0 Å². The zero-order chi connectivity index (χ0) is 22.0. The molecule has 4 N–H and O–H groups in total. The Morgan fingerprint density at radius 1 is 0.833 bits per heavy atom. The lowest BCUT2D eigenvalue weighted by Gasteiger charge is -2.39. The molecule has 8 heteroatoms. The molecule has 1 aliphatic rings. The molecule has 0 fully saturated rings. The third-order valence-corrected chi connectivity index (χ3v) is 5.88. The average Bonchev–Trinajstić information content (AvgIpc) is 2.77. The lowest BCUT2D eigenvalue weighted by atomic mass is 9.66. The summed E-state index contributed by atoms with van der Waals surface area (Å²) in [5.41, 5.74) is 2.10. The van der Waals surface area contributed by atoms with Crippen LogP contribution in [0.25, 0.3) is 0 Å². The van der Waals surface area contributed by atoms with Gasteiger partial charge in [-0.3, -0.25) is 0 Å². The smallest absolute Gasteiger partial charge is 0.203 e. The van der Waals surface area contributed by atoms with Crippen LogP contribution in [0.3, 0.4) is 0 Å². The number of aliphatic hydroxyl groups is 2. The molecule has 3 rings (SSSR count). The maximum Gasteiger partial charge on any atom is 0.203 e. The van der Waals surface area contributed by atoms with Crippen LogP contribution in [0.2, 0.25) is 0 Å². The lowest BCUT2D eigenvalue weighted by molar-refractivity contribution is 0.0999. The van der Waals surface area contributed by atoms with Crippen LogP contribution in [-0.4, -0.2) is 62.1 Å². The van der Waals surface area contributed by atoms with Gasteiger partial charge in [-0.15, -0.1) is 0 Å². The second-order valence-corrected chi connectivity index (χ2v) is 7.28. The Morgan fingerprint density at radius 3 is 1.90 bits per heavy atom. The van der Waals surface area contributed by atoms with Crippen LogP contribution < -0.4 is 18.9 Å². The minimum absolute atomic E-state index is 0.138.